The van der Waals surface area contributed by atoms with E-state index in [1.165, 1.54) is 24.2 Å². The minimum absolute atomic E-state index is 0.0966. The first kappa shape index (κ1) is 21.5. The van der Waals surface area contributed by atoms with Crippen molar-refractivity contribution in [3.8, 4) is 23.3 Å². The summed E-state index contributed by atoms with van der Waals surface area (Å²) in [4.78, 5) is 24.8. The predicted molar refractivity (Wildman–Crippen MR) is 119 cm³/mol. The first-order valence-corrected chi connectivity index (χ1v) is 11.6. The van der Waals surface area contributed by atoms with Gasteiger partial charge >= 0.3 is 5.97 Å². The van der Waals surface area contributed by atoms with Crippen molar-refractivity contribution < 1.29 is 24.2 Å². The van der Waals surface area contributed by atoms with Gasteiger partial charge in [0.2, 0.25) is 0 Å². The zero-order chi connectivity index (χ0) is 21.8. The van der Waals surface area contributed by atoms with Gasteiger partial charge in [-0.3, -0.25) is 4.79 Å². The highest BCUT2D eigenvalue weighted by Crippen LogP contribution is 2.39. The van der Waals surface area contributed by atoms with Crippen molar-refractivity contribution in [3.63, 3.8) is 0 Å². The molecule has 0 saturated heterocycles. The van der Waals surface area contributed by atoms with Crippen LogP contribution in [0.2, 0.25) is 0 Å². The second kappa shape index (κ2) is 9.57. The van der Waals surface area contributed by atoms with Crippen LogP contribution in [0.5, 0.6) is 11.5 Å². The standard InChI is InChI=1S/C25H26O5S/c1-29-22-12-8-17(15-23(22)30-18-4-2-3-5-18)20-14-16(7-11-21(20)26)6-9-19-10-13-24(31-19)25(27)28/h8,10,12-13,15-16,18,20H,2-5,7,11,14H2,1H3,(H,27,28). The van der Waals surface area contributed by atoms with Crippen LogP contribution in [0.4, 0.5) is 0 Å². The van der Waals surface area contributed by atoms with Gasteiger partial charge in [0.1, 0.15) is 10.7 Å². The summed E-state index contributed by atoms with van der Waals surface area (Å²) in [6, 6.07) is 9.13. The van der Waals surface area contributed by atoms with Gasteiger partial charge in [0.05, 0.1) is 18.1 Å². The Kier molecular flexibility index (Phi) is 6.62. The van der Waals surface area contributed by atoms with Gasteiger partial charge in [0.25, 0.3) is 0 Å². The molecule has 1 aromatic carbocycles. The molecule has 2 unspecified atom stereocenters. The first-order valence-electron chi connectivity index (χ1n) is 10.8. The predicted octanol–water partition coefficient (Wildman–Crippen LogP) is 5.28. The number of carbonyl (C=O) groups is 2. The van der Waals surface area contributed by atoms with Gasteiger partial charge in [-0.15, -0.1) is 11.3 Å². The van der Waals surface area contributed by atoms with Crippen molar-refractivity contribution in [2.24, 2.45) is 5.92 Å². The number of rotatable bonds is 5. The highest BCUT2D eigenvalue weighted by molar-refractivity contribution is 7.14. The van der Waals surface area contributed by atoms with E-state index in [0.717, 1.165) is 29.7 Å². The van der Waals surface area contributed by atoms with Crippen LogP contribution in [0.25, 0.3) is 0 Å². The number of thiophene rings is 1. The molecule has 31 heavy (non-hydrogen) atoms. The van der Waals surface area contributed by atoms with Gasteiger partial charge in [-0.05, 0) is 68.4 Å². The molecule has 2 aromatic rings. The van der Waals surface area contributed by atoms with Crippen LogP contribution in [0.3, 0.4) is 0 Å². The Morgan fingerprint density at radius 3 is 2.65 bits per heavy atom. The number of methoxy groups -OCH3 is 1. The third kappa shape index (κ3) is 5.11. The summed E-state index contributed by atoms with van der Waals surface area (Å²) in [7, 11) is 1.63. The molecule has 6 heteroatoms. The van der Waals surface area contributed by atoms with Crippen molar-refractivity contribution in [3.05, 3.63) is 45.6 Å². The van der Waals surface area contributed by atoms with E-state index in [2.05, 4.69) is 11.8 Å². The molecule has 0 amide bonds. The van der Waals surface area contributed by atoms with E-state index >= 15 is 0 Å². The second-order valence-electron chi connectivity index (χ2n) is 8.16. The fourth-order valence-electron chi connectivity index (χ4n) is 4.36. The Balaban J connectivity index is 1.51. The average molecular weight is 439 g/mol. The molecule has 0 aliphatic heterocycles. The van der Waals surface area contributed by atoms with Crippen molar-refractivity contribution in [2.75, 3.05) is 7.11 Å². The summed E-state index contributed by atoms with van der Waals surface area (Å²) < 4.78 is 11.7. The number of hydrogen-bond donors (Lipinski definition) is 1. The number of benzene rings is 1. The summed E-state index contributed by atoms with van der Waals surface area (Å²) in [5.41, 5.74) is 0.953. The zero-order valence-corrected chi connectivity index (χ0v) is 18.4. The van der Waals surface area contributed by atoms with E-state index in [9.17, 15) is 9.59 Å². The lowest BCUT2D eigenvalue weighted by Crippen LogP contribution is -2.23. The summed E-state index contributed by atoms with van der Waals surface area (Å²) in [6.07, 6.45) is 6.60. The van der Waals surface area contributed by atoms with E-state index < -0.39 is 5.97 Å². The third-order valence-corrected chi connectivity index (χ3v) is 7.04. The molecular formula is C25H26O5S. The van der Waals surface area contributed by atoms with Gasteiger partial charge in [-0.1, -0.05) is 17.9 Å². The van der Waals surface area contributed by atoms with Gasteiger partial charge in [0.15, 0.2) is 11.5 Å². The summed E-state index contributed by atoms with van der Waals surface area (Å²) in [5.74, 6) is 6.97. The average Bonchev–Trinajstić information content (AvgIpc) is 3.45. The van der Waals surface area contributed by atoms with E-state index in [4.69, 9.17) is 14.6 Å². The molecule has 0 bridgehead atoms. The van der Waals surface area contributed by atoms with Crippen molar-refractivity contribution in [1.29, 1.82) is 0 Å². The number of aromatic carboxylic acids is 1. The maximum atomic E-state index is 12.7. The minimum atomic E-state index is -0.934. The van der Waals surface area contributed by atoms with E-state index in [1.54, 1.807) is 19.2 Å². The Morgan fingerprint density at radius 1 is 1.13 bits per heavy atom. The summed E-state index contributed by atoms with van der Waals surface area (Å²) in [5, 5.41) is 9.06. The SMILES string of the molecule is COc1ccc(C2CC(C#Cc3ccc(C(=O)O)s3)CCC2=O)cc1OC1CCCC1. The van der Waals surface area contributed by atoms with Crippen molar-refractivity contribution in [1.82, 2.24) is 0 Å². The van der Waals surface area contributed by atoms with Crippen LogP contribution in [0, 0.1) is 17.8 Å². The number of carboxylic acids is 1. The third-order valence-electron chi connectivity index (χ3n) is 6.05. The number of carbonyl (C=O) groups excluding carboxylic acids is 1. The highest BCUT2D eigenvalue weighted by Gasteiger charge is 2.30. The van der Waals surface area contributed by atoms with Crippen molar-refractivity contribution >= 4 is 23.1 Å². The molecule has 4 rings (SSSR count). The molecular weight excluding hydrogens is 412 g/mol. The quantitative estimate of drug-likeness (QED) is 0.643. The van der Waals surface area contributed by atoms with Crippen LogP contribution >= 0.6 is 11.3 Å². The molecule has 1 aromatic heterocycles. The molecule has 2 atom stereocenters. The Morgan fingerprint density at radius 2 is 1.94 bits per heavy atom. The smallest absolute Gasteiger partial charge is 0.345 e. The number of carboxylic acid groups (broad SMARTS) is 1. The number of ether oxygens (including phenoxy) is 2. The van der Waals surface area contributed by atoms with Crippen molar-refractivity contribution in [2.45, 2.75) is 57.0 Å². The molecule has 1 N–H and O–H groups in total. The maximum Gasteiger partial charge on any atom is 0.345 e. The molecule has 0 radical (unpaired) electrons. The lowest BCUT2D eigenvalue weighted by Gasteiger charge is -2.26. The Labute approximate surface area is 186 Å². The number of hydrogen-bond acceptors (Lipinski definition) is 5. The van der Waals surface area contributed by atoms with Crippen LogP contribution in [0.15, 0.2) is 30.3 Å². The number of Topliss-reactive ketones (excluding diaryl/α,β-unsaturated/α-hetero) is 1. The molecule has 2 aliphatic rings. The number of ketones is 1. The monoisotopic (exact) mass is 438 g/mol. The fourth-order valence-corrected chi connectivity index (χ4v) is 5.07. The van der Waals surface area contributed by atoms with Crippen LogP contribution in [0.1, 0.15) is 71.0 Å². The molecule has 0 spiro atoms. The topological polar surface area (TPSA) is 72.8 Å². The molecule has 2 fully saturated rings. The molecule has 2 saturated carbocycles. The zero-order valence-electron chi connectivity index (χ0n) is 17.6. The van der Waals surface area contributed by atoms with Crippen LogP contribution in [-0.2, 0) is 4.79 Å². The molecule has 5 nitrogen and oxygen atoms in total. The Bertz CT molecular complexity index is 1020. The minimum Gasteiger partial charge on any atom is -0.493 e. The lowest BCUT2D eigenvalue weighted by molar-refractivity contribution is -0.122. The molecule has 162 valence electrons. The van der Waals surface area contributed by atoms with Gasteiger partial charge in [0, 0.05) is 18.3 Å². The fraction of sp³-hybridized carbons (Fsp3) is 0.440. The lowest BCUT2D eigenvalue weighted by atomic mass is 9.77. The van der Waals surface area contributed by atoms with Gasteiger partial charge < -0.3 is 14.6 Å². The van der Waals surface area contributed by atoms with E-state index in [-0.39, 0.29) is 28.6 Å². The summed E-state index contributed by atoms with van der Waals surface area (Å²) >= 11 is 1.18. The highest BCUT2D eigenvalue weighted by atomic mass is 32.1. The first-order chi connectivity index (χ1) is 15.0. The van der Waals surface area contributed by atoms with E-state index in [0.29, 0.717) is 24.3 Å². The Hall–Kier alpha value is -2.78. The summed E-state index contributed by atoms with van der Waals surface area (Å²) in [6.45, 7) is 0. The van der Waals surface area contributed by atoms with Gasteiger partial charge in [-0.2, -0.15) is 0 Å². The molecule has 1 heterocycles. The largest absolute Gasteiger partial charge is 0.493 e. The van der Waals surface area contributed by atoms with Crippen LogP contribution in [-0.4, -0.2) is 30.1 Å². The maximum absolute atomic E-state index is 12.7. The second-order valence-corrected chi connectivity index (χ2v) is 9.25. The van der Waals surface area contributed by atoms with E-state index in [1.807, 2.05) is 18.2 Å². The van der Waals surface area contributed by atoms with Gasteiger partial charge in [-0.25, -0.2) is 4.79 Å². The normalized spacial score (nSPS) is 21.4. The van der Waals surface area contributed by atoms with Crippen LogP contribution < -0.4 is 9.47 Å². The molecule has 2 aliphatic carbocycles.